The molecule has 2 heterocycles. The van der Waals surface area contributed by atoms with Crippen molar-refractivity contribution >= 4 is 5.91 Å². The van der Waals surface area contributed by atoms with Gasteiger partial charge in [-0.2, -0.15) is 0 Å². The molecule has 27 heavy (non-hydrogen) atoms. The van der Waals surface area contributed by atoms with E-state index in [1.165, 1.54) is 0 Å². The first-order chi connectivity index (χ1) is 13.0. The molecule has 1 aromatic carbocycles. The molecular weight excluding hydrogens is 338 g/mol. The summed E-state index contributed by atoms with van der Waals surface area (Å²) in [5.41, 5.74) is 5.55. The minimum atomic E-state index is -0.0378. The Morgan fingerprint density at radius 2 is 1.85 bits per heavy atom. The van der Waals surface area contributed by atoms with Crippen molar-refractivity contribution in [2.24, 2.45) is 0 Å². The lowest BCUT2D eigenvalue weighted by molar-refractivity contribution is 0.0783. The van der Waals surface area contributed by atoms with E-state index in [9.17, 15) is 4.79 Å². The van der Waals surface area contributed by atoms with Gasteiger partial charge in [0.25, 0.3) is 5.91 Å². The quantitative estimate of drug-likeness (QED) is 0.688. The van der Waals surface area contributed by atoms with Gasteiger partial charge in [0.05, 0.1) is 25.5 Å². The monoisotopic (exact) mass is 361 g/mol. The fourth-order valence-corrected chi connectivity index (χ4v) is 3.11. The van der Waals surface area contributed by atoms with Gasteiger partial charge in [-0.3, -0.25) is 14.8 Å². The van der Waals surface area contributed by atoms with E-state index in [1.807, 2.05) is 56.3 Å². The van der Waals surface area contributed by atoms with E-state index in [4.69, 9.17) is 4.74 Å². The maximum absolute atomic E-state index is 12.8. The molecule has 0 saturated heterocycles. The number of carbonyl (C=O) groups excluding carboxylic acids is 1. The van der Waals surface area contributed by atoms with Crippen molar-refractivity contribution in [3.63, 3.8) is 0 Å². The predicted molar refractivity (Wildman–Crippen MR) is 106 cm³/mol. The Morgan fingerprint density at radius 1 is 1.11 bits per heavy atom. The van der Waals surface area contributed by atoms with E-state index in [-0.39, 0.29) is 5.91 Å². The van der Waals surface area contributed by atoms with Crippen molar-refractivity contribution in [3.8, 4) is 16.9 Å². The van der Waals surface area contributed by atoms with Gasteiger partial charge < -0.3 is 9.64 Å². The first-order valence-corrected chi connectivity index (χ1v) is 8.76. The van der Waals surface area contributed by atoms with E-state index < -0.39 is 0 Å². The molecule has 0 bridgehead atoms. The van der Waals surface area contributed by atoms with E-state index in [1.54, 1.807) is 31.5 Å². The fraction of sp³-hybridized carbons (Fsp3) is 0.227. The number of nitrogens with zero attached hydrogens (tertiary/aromatic N) is 3. The van der Waals surface area contributed by atoms with Gasteiger partial charge in [-0.15, -0.1) is 0 Å². The van der Waals surface area contributed by atoms with Crippen molar-refractivity contribution < 1.29 is 9.53 Å². The molecule has 0 N–H and O–H groups in total. The molecule has 0 radical (unpaired) electrons. The molecule has 1 amide bonds. The largest absolute Gasteiger partial charge is 0.494 e. The lowest BCUT2D eigenvalue weighted by Gasteiger charge is -2.18. The lowest BCUT2D eigenvalue weighted by Crippen LogP contribution is -2.26. The Bertz CT molecular complexity index is 932. The molecule has 0 atom stereocenters. The van der Waals surface area contributed by atoms with Crippen LogP contribution in [0, 0.1) is 13.8 Å². The molecule has 0 saturated carbocycles. The van der Waals surface area contributed by atoms with Crippen molar-refractivity contribution in [2.45, 2.75) is 20.4 Å². The van der Waals surface area contributed by atoms with Gasteiger partial charge in [-0.1, -0.05) is 12.1 Å². The number of carbonyl (C=O) groups is 1. The van der Waals surface area contributed by atoms with Crippen LogP contribution in [0.4, 0.5) is 0 Å². The molecule has 0 aliphatic rings. The highest BCUT2D eigenvalue weighted by atomic mass is 16.5. The highest BCUT2D eigenvalue weighted by Crippen LogP contribution is 2.28. The van der Waals surface area contributed by atoms with Crippen LogP contribution < -0.4 is 4.74 Å². The van der Waals surface area contributed by atoms with Crippen LogP contribution in [0.2, 0.25) is 0 Å². The average Bonchev–Trinajstić information content (AvgIpc) is 2.66. The zero-order valence-corrected chi connectivity index (χ0v) is 16.1. The van der Waals surface area contributed by atoms with Gasteiger partial charge in [0.2, 0.25) is 0 Å². The first kappa shape index (κ1) is 18.6. The predicted octanol–water partition coefficient (Wildman–Crippen LogP) is 4.04. The van der Waals surface area contributed by atoms with Gasteiger partial charge >= 0.3 is 0 Å². The number of aromatic nitrogens is 2. The Kier molecular flexibility index (Phi) is 5.50. The van der Waals surface area contributed by atoms with Gasteiger partial charge in [-0.05, 0) is 55.3 Å². The summed E-state index contributed by atoms with van der Waals surface area (Å²) in [6.07, 6.45) is 3.40. The van der Waals surface area contributed by atoms with Crippen LogP contribution in [-0.2, 0) is 6.54 Å². The first-order valence-electron chi connectivity index (χ1n) is 8.76. The van der Waals surface area contributed by atoms with Crippen LogP contribution in [0.3, 0.4) is 0 Å². The van der Waals surface area contributed by atoms with Crippen LogP contribution in [-0.4, -0.2) is 34.9 Å². The number of pyridine rings is 2. The number of hydrogen-bond donors (Lipinski definition) is 0. The fourth-order valence-electron chi connectivity index (χ4n) is 3.11. The van der Waals surface area contributed by atoms with Crippen molar-refractivity contribution in [2.75, 3.05) is 14.2 Å². The third-order valence-electron chi connectivity index (χ3n) is 4.34. The van der Waals surface area contributed by atoms with Crippen molar-refractivity contribution in [1.82, 2.24) is 14.9 Å². The van der Waals surface area contributed by atoms with Gasteiger partial charge in [-0.25, -0.2) is 0 Å². The van der Waals surface area contributed by atoms with E-state index in [2.05, 4.69) is 9.97 Å². The molecule has 5 nitrogen and oxygen atoms in total. The second-order valence-corrected chi connectivity index (χ2v) is 6.59. The van der Waals surface area contributed by atoms with E-state index in [0.29, 0.717) is 17.9 Å². The number of rotatable bonds is 5. The number of benzene rings is 1. The number of amides is 1. The molecule has 2 aromatic heterocycles. The van der Waals surface area contributed by atoms with Crippen LogP contribution in [0.5, 0.6) is 5.75 Å². The number of methoxy groups -OCH3 is 1. The summed E-state index contributed by atoms with van der Waals surface area (Å²) >= 11 is 0. The molecule has 3 aromatic rings. The van der Waals surface area contributed by atoms with Crippen molar-refractivity contribution in [3.05, 3.63) is 77.4 Å². The molecule has 0 aliphatic heterocycles. The van der Waals surface area contributed by atoms with Crippen LogP contribution in [0.15, 0.2) is 54.9 Å². The number of ether oxygens (including phenoxy) is 1. The standard InChI is InChI=1S/C22H23N3O2/c1-15-11-16(2)24-19(12-15)14-25(3)22(26)18-7-5-17(6-8-18)20-9-10-23-13-21(20)27-4/h5-13H,14H2,1-4H3. The molecular formula is C22H23N3O2. The minimum absolute atomic E-state index is 0.0378. The van der Waals surface area contributed by atoms with E-state index >= 15 is 0 Å². The van der Waals surface area contributed by atoms with E-state index in [0.717, 1.165) is 28.1 Å². The smallest absolute Gasteiger partial charge is 0.253 e. The second kappa shape index (κ2) is 7.99. The normalized spacial score (nSPS) is 10.5. The maximum Gasteiger partial charge on any atom is 0.253 e. The van der Waals surface area contributed by atoms with Gasteiger partial charge in [0.1, 0.15) is 5.75 Å². The number of aryl methyl sites for hydroxylation is 2. The summed E-state index contributed by atoms with van der Waals surface area (Å²) < 4.78 is 5.36. The van der Waals surface area contributed by atoms with Crippen LogP contribution in [0.25, 0.3) is 11.1 Å². The van der Waals surface area contributed by atoms with Crippen molar-refractivity contribution in [1.29, 1.82) is 0 Å². The Labute approximate surface area is 159 Å². The number of hydrogen-bond acceptors (Lipinski definition) is 4. The Balaban J connectivity index is 1.77. The third-order valence-corrected chi connectivity index (χ3v) is 4.34. The zero-order chi connectivity index (χ0) is 19.4. The molecule has 3 rings (SSSR count). The van der Waals surface area contributed by atoms with Crippen LogP contribution in [0.1, 0.15) is 27.3 Å². The topological polar surface area (TPSA) is 55.3 Å². The summed E-state index contributed by atoms with van der Waals surface area (Å²) in [5, 5.41) is 0. The highest BCUT2D eigenvalue weighted by Gasteiger charge is 2.14. The highest BCUT2D eigenvalue weighted by molar-refractivity contribution is 5.94. The minimum Gasteiger partial charge on any atom is -0.494 e. The summed E-state index contributed by atoms with van der Waals surface area (Å²) in [5.74, 6) is 0.666. The van der Waals surface area contributed by atoms with Crippen LogP contribution >= 0.6 is 0 Å². The molecule has 0 unspecified atom stereocenters. The van der Waals surface area contributed by atoms with Gasteiger partial charge in [0.15, 0.2) is 0 Å². The van der Waals surface area contributed by atoms with Gasteiger partial charge in [0, 0.05) is 30.1 Å². The third kappa shape index (κ3) is 4.31. The lowest BCUT2D eigenvalue weighted by atomic mass is 10.0. The summed E-state index contributed by atoms with van der Waals surface area (Å²) in [4.78, 5) is 23.0. The Hall–Kier alpha value is -3.21. The molecule has 0 spiro atoms. The summed E-state index contributed by atoms with van der Waals surface area (Å²) in [6.45, 7) is 4.47. The maximum atomic E-state index is 12.8. The summed E-state index contributed by atoms with van der Waals surface area (Å²) in [7, 11) is 3.41. The Morgan fingerprint density at radius 3 is 2.52 bits per heavy atom. The zero-order valence-electron chi connectivity index (χ0n) is 16.1. The average molecular weight is 361 g/mol. The molecule has 0 aliphatic carbocycles. The molecule has 138 valence electrons. The SMILES string of the molecule is COc1cnccc1-c1ccc(C(=O)N(C)Cc2cc(C)cc(C)n2)cc1. The molecule has 5 heteroatoms. The molecule has 0 fully saturated rings. The summed E-state index contributed by atoms with van der Waals surface area (Å²) in [6, 6.07) is 13.5. The second-order valence-electron chi connectivity index (χ2n) is 6.59.